The van der Waals surface area contributed by atoms with Crippen LogP contribution in [0.15, 0.2) is 22.7 Å². The van der Waals surface area contributed by atoms with Crippen molar-refractivity contribution in [3.8, 4) is 0 Å². The molecule has 98 valence electrons. The number of hydrogen-bond acceptors (Lipinski definition) is 2. The molecule has 2 rings (SSSR count). The van der Waals surface area contributed by atoms with Crippen LogP contribution in [0.5, 0.6) is 0 Å². The van der Waals surface area contributed by atoms with E-state index in [0.717, 1.165) is 29.8 Å². The molecule has 1 fully saturated rings. The van der Waals surface area contributed by atoms with Gasteiger partial charge in [0, 0.05) is 30.0 Å². The number of nitrogens with zero attached hydrogens (tertiary/aromatic N) is 1. The fourth-order valence-electron chi connectivity index (χ4n) is 2.20. The molecule has 1 atom stereocenters. The molecule has 1 aliphatic rings. The molecule has 4 nitrogen and oxygen atoms in total. The Morgan fingerprint density at radius 3 is 3.00 bits per heavy atom. The van der Waals surface area contributed by atoms with Crippen molar-refractivity contribution in [1.82, 2.24) is 10.6 Å². The van der Waals surface area contributed by atoms with Crippen LogP contribution in [0.2, 0.25) is 0 Å². The van der Waals surface area contributed by atoms with E-state index in [2.05, 4.69) is 26.6 Å². The first kappa shape index (κ1) is 13.4. The number of rotatable bonds is 3. The SMILES string of the molecule is CNCC1CNC(=O)N(c2ccc(C)cc2Br)C1. The zero-order valence-corrected chi connectivity index (χ0v) is 12.3. The Balaban J connectivity index is 2.21. The van der Waals surface area contributed by atoms with Crippen LogP contribution >= 0.6 is 15.9 Å². The quantitative estimate of drug-likeness (QED) is 0.898. The fourth-order valence-corrected chi connectivity index (χ4v) is 2.90. The van der Waals surface area contributed by atoms with Gasteiger partial charge in [-0.1, -0.05) is 6.07 Å². The van der Waals surface area contributed by atoms with Gasteiger partial charge in [-0.25, -0.2) is 4.79 Å². The molecule has 0 spiro atoms. The number of hydrogen-bond donors (Lipinski definition) is 2. The number of carbonyl (C=O) groups is 1. The van der Waals surface area contributed by atoms with E-state index in [9.17, 15) is 4.79 Å². The molecule has 1 aromatic carbocycles. The van der Waals surface area contributed by atoms with Gasteiger partial charge >= 0.3 is 6.03 Å². The first-order valence-corrected chi connectivity index (χ1v) is 6.87. The summed E-state index contributed by atoms with van der Waals surface area (Å²) in [5.41, 5.74) is 2.11. The van der Waals surface area contributed by atoms with Gasteiger partial charge in [-0.3, -0.25) is 4.90 Å². The number of aryl methyl sites for hydroxylation is 1. The van der Waals surface area contributed by atoms with Crippen LogP contribution in [0, 0.1) is 12.8 Å². The van der Waals surface area contributed by atoms with Crippen LogP contribution in [0.1, 0.15) is 5.56 Å². The molecule has 5 heteroatoms. The Morgan fingerprint density at radius 2 is 2.33 bits per heavy atom. The van der Waals surface area contributed by atoms with Crippen molar-refractivity contribution in [1.29, 1.82) is 0 Å². The van der Waals surface area contributed by atoms with Crippen LogP contribution in [0.3, 0.4) is 0 Å². The van der Waals surface area contributed by atoms with Crippen molar-refractivity contribution in [2.75, 3.05) is 31.6 Å². The van der Waals surface area contributed by atoms with E-state index in [4.69, 9.17) is 0 Å². The first-order valence-electron chi connectivity index (χ1n) is 6.08. The maximum Gasteiger partial charge on any atom is 0.321 e. The summed E-state index contributed by atoms with van der Waals surface area (Å²) < 4.78 is 0.961. The molecule has 1 saturated heterocycles. The summed E-state index contributed by atoms with van der Waals surface area (Å²) in [5, 5.41) is 6.09. The van der Waals surface area contributed by atoms with Gasteiger partial charge in [0.05, 0.1) is 5.69 Å². The van der Waals surface area contributed by atoms with Crippen LogP contribution < -0.4 is 15.5 Å². The van der Waals surface area contributed by atoms with Crippen molar-refractivity contribution >= 4 is 27.6 Å². The summed E-state index contributed by atoms with van der Waals surface area (Å²) in [6.45, 7) is 4.42. The number of halogens is 1. The molecule has 1 heterocycles. The Kier molecular flexibility index (Phi) is 4.24. The third-order valence-electron chi connectivity index (χ3n) is 3.11. The topological polar surface area (TPSA) is 44.4 Å². The highest BCUT2D eigenvalue weighted by Crippen LogP contribution is 2.28. The molecule has 2 N–H and O–H groups in total. The highest BCUT2D eigenvalue weighted by molar-refractivity contribution is 9.10. The van der Waals surface area contributed by atoms with Gasteiger partial charge in [0.2, 0.25) is 0 Å². The highest BCUT2D eigenvalue weighted by Gasteiger charge is 2.26. The van der Waals surface area contributed by atoms with E-state index in [1.165, 1.54) is 5.56 Å². The lowest BCUT2D eigenvalue weighted by Gasteiger charge is -2.33. The minimum Gasteiger partial charge on any atom is -0.337 e. The second kappa shape index (κ2) is 5.71. The summed E-state index contributed by atoms with van der Waals surface area (Å²) in [5.74, 6) is 0.431. The molecule has 1 aliphatic heterocycles. The summed E-state index contributed by atoms with van der Waals surface area (Å²) in [6.07, 6.45) is 0. The van der Waals surface area contributed by atoms with Crippen molar-refractivity contribution < 1.29 is 4.79 Å². The molecular formula is C13H18BrN3O. The normalized spacial score (nSPS) is 19.8. The number of nitrogens with one attached hydrogen (secondary N) is 2. The molecule has 0 bridgehead atoms. The van der Waals surface area contributed by atoms with Gasteiger partial charge in [0.15, 0.2) is 0 Å². The molecule has 0 aliphatic carbocycles. The van der Waals surface area contributed by atoms with Crippen LogP contribution in [0.4, 0.5) is 10.5 Å². The maximum atomic E-state index is 12.0. The number of anilines is 1. The first-order chi connectivity index (χ1) is 8.61. The predicted octanol–water partition coefficient (Wildman–Crippen LogP) is 2.12. The smallest absolute Gasteiger partial charge is 0.321 e. The Hall–Kier alpha value is -1.07. The molecular weight excluding hydrogens is 294 g/mol. The minimum absolute atomic E-state index is 0.0214. The standard InChI is InChI=1S/C13H18BrN3O/c1-9-3-4-12(11(14)5-9)17-8-10(6-15-2)7-16-13(17)18/h3-5,10,15H,6-8H2,1-2H3,(H,16,18). The zero-order valence-electron chi connectivity index (χ0n) is 10.7. The second-order valence-electron chi connectivity index (χ2n) is 4.68. The number of amides is 2. The van der Waals surface area contributed by atoms with E-state index in [1.54, 1.807) is 4.90 Å². The monoisotopic (exact) mass is 311 g/mol. The van der Waals surface area contributed by atoms with E-state index >= 15 is 0 Å². The van der Waals surface area contributed by atoms with Crippen molar-refractivity contribution in [3.63, 3.8) is 0 Å². The van der Waals surface area contributed by atoms with Gasteiger partial charge in [0.25, 0.3) is 0 Å². The largest absolute Gasteiger partial charge is 0.337 e. The number of urea groups is 1. The third-order valence-corrected chi connectivity index (χ3v) is 3.75. The zero-order chi connectivity index (χ0) is 13.1. The maximum absolute atomic E-state index is 12.0. The summed E-state index contributed by atoms with van der Waals surface area (Å²) in [6, 6.07) is 6.02. The van der Waals surface area contributed by atoms with Gasteiger partial charge in [-0.15, -0.1) is 0 Å². The summed E-state index contributed by atoms with van der Waals surface area (Å²) in [7, 11) is 1.93. The third kappa shape index (κ3) is 2.84. The lowest BCUT2D eigenvalue weighted by Crippen LogP contribution is -2.53. The Labute approximate surface area is 116 Å². The average Bonchev–Trinajstić information content (AvgIpc) is 2.33. The predicted molar refractivity (Wildman–Crippen MR) is 77.0 cm³/mol. The summed E-state index contributed by atoms with van der Waals surface area (Å²) in [4.78, 5) is 13.8. The molecule has 0 aromatic heterocycles. The highest BCUT2D eigenvalue weighted by atomic mass is 79.9. The van der Waals surface area contributed by atoms with Gasteiger partial charge in [-0.2, -0.15) is 0 Å². The lowest BCUT2D eigenvalue weighted by molar-refractivity contribution is 0.236. The van der Waals surface area contributed by atoms with Gasteiger partial charge in [-0.05, 0) is 47.6 Å². The number of benzene rings is 1. The van der Waals surface area contributed by atoms with Crippen LogP contribution in [-0.4, -0.2) is 32.7 Å². The van der Waals surface area contributed by atoms with Crippen LogP contribution in [0.25, 0.3) is 0 Å². The molecule has 0 radical (unpaired) electrons. The van der Waals surface area contributed by atoms with Crippen LogP contribution in [-0.2, 0) is 0 Å². The van der Waals surface area contributed by atoms with E-state index in [1.807, 2.05) is 32.2 Å². The van der Waals surface area contributed by atoms with Crippen molar-refractivity contribution in [3.05, 3.63) is 28.2 Å². The Bertz CT molecular complexity index is 450. The van der Waals surface area contributed by atoms with Gasteiger partial charge < -0.3 is 10.6 Å². The van der Waals surface area contributed by atoms with E-state index < -0.39 is 0 Å². The van der Waals surface area contributed by atoms with Gasteiger partial charge in [0.1, 0.15) is 0 Å². The molecule has 1 aromatic rings. The fraction of sp³-hybridized carbons (Fsp3) is 0.462. The molecule has 2 amide bonds. The second-order valence-corrected chi connectivity index (χ2v) is 5.53. The van der Waals surface area contributed by atoms with Crippen molar-refractivity contribution in [2.45, 2.75) is 6.92 Å². The lowest BCUT2D eigenvalue weighted by atomic mass is 10.1. The average molecular weight is 312 g/mol. The summed E-state index contributed by atoms with van der Waals surface area (Å²) >= 11 is 3.53. The van der Waals surface area contributed by atoms with E-state index in [0.29, 0.717) is 5.92 Å². The minimum atomic E-state index is -0.0214. The van der Waals surface area contributed by atoms with Crippen molar-refractivity contribution in [2.24, 2.45) is 5.92 Å². The molecule has 1 unspecified atom stereocenters. The molecule has 0 saturated carbocycles. The van der Waals surface area contributed by atoms with E-state index in [-0.39, 0.29) is 6.03 Å². The molecule has 18 heavy (non-hydrogen) atoms. The Morgan fingerprint density at radius 1 is 1.56 bits per heavy atom. The number of carbonyl (C=O) groups excluding carboxylic acids is 1.